The number of rotatable bonds is 3. The number of aromatic amines is 1. The smallest absolute Gasteiger partial charge is 0.254 e. The Morgan fingerprint density at radius 1 is 1.50 bits per heavy atom. The van der Waals surface area contributed by atoms with Crippen LogP contribution in [0.25, 0.3) is 0 Å². The van der Waals surface area contributed by atoms with Crippen molar-refractivity contribution in [2.24, 2.45) is 7.05 Å². The fraction of sp³-hybridized carbons (Fsp3) is 0.500. The highest BCUT2D eigenvalue weighted by Gasteiger charge is 2.10. The molecular weight excluding hydrogens is 204 g/mol. The maximum Gasteiger partial charge on any atom is 0.254 e. The van der Waals surface area contributed by atoms with E-state index in [1.54, 1.807) is 7.05 Å². The van der Waals surface area contributed by atoms with Gasteiger partial charge in [0.15, 0.2) is 11.1 Å². The molecule has 0 radical (unpaired) electrons. The molecule has 0 aliphatic heterocycles. The standard InChI is InChI=1S/C8H12N2O3S/c1-10-6(11)4-5(9-8(10)14)7(12-2)13-3/h4,7H,1-3H3,(H,9,14). The predicted octanol–water partition coefficient (Wildman–Crippen LogP) is 0.734. The average molecular weight is 216 g/mol. The van der Waals surface area contributed by atoms with Crippen LogP contribution in [0.5, 0.6) is 0 Å². The summed E-state index contributed by atoms with van der Waals surface area (Å²) in [5.74, 6) is 0. The average Bonchev–Trinajstić information content (AvgIpc) is 2.16. The van der Waals surface area contributed by atoms with E-state index in [9.17, 15) is 4.79 Å². The second kappa shape index (κ2) is 4.50. The molecule has 5 nitrogen and oxygen atoms in total. The fourth-order valence-electron chi connectivity index (χ4n) is 1.05. The summed E-state index contributed by atoms with van der Waals surface area (Å²) in [7, 11) is 4.57. The van der Waals surface area contributed by atoms with Crippen molar-refractivity contribution in [1.82, 2.24) is 9.55 Å². The summed E-state index contributed by atoms with van der Waals surface area (Å²) in [6.45, 7) is 0. The fourth-order valence-corrected chi connectivity index (χ4v) is 1.26. The molecule has 0 unspecified atom stereocenters. The van der Waals surface area contributed by atoms with Gasteiger partial charge < -0.3 is 14.5 Å². The molecule has 0 saturated carbocycles. The number of hydrogen-bond donors (Lipinski definition) is 1. The highest BCUT2D eigenvalue weighted by Crippen LogP contribution is 2.11. The number of methoxy groups -OCH3 is 2. The second-order valence-corrected chi connectivity index (χ2v) is 3.12. The lowest BCUT2D eigenvalue weighted by molar-refractivity contribution is -0.108. The van der Waals surface area contributed by atoms with Crippen LogP contribution in [0.3, 0.4) is 0 Å². The lowest BCUT2D eigenvalue weighted by Gasteiger charge is -2.13. The lowest BCUT2D eigenvalue weighted by atomic mass is 10.4. The Bertz CT molecular complexity index is 388. The second-order valence-electron chi connectivity index (χ2n) is 2.73. The minimum atomic E-state index is -0.592. The van der Waals surface area contributed by atoms with E-state index in [0.29, 0.717) is 10.5 Å². The van der Waals surface area contributed by atoms with Crippen molar-refractivity contribution < 1.29 is 9.47 Å². The predicted molar refractivity (Wildman–Crippen MR) is 53.6 cm³/mol. The first-order chi connectivity index (χ1) is 6.60. The largest absolute Gasteiger partial charge is 0.350 e. The summed E-state index contributed by atoms with van der Waals surface area (Å²) >= 11 is 4.94. The molecule has 78 valence electrons. The van der Waals surface area contributed by atoms with Crippen molar-refractivity contribution in [2.45, 2.75) is 6.29 Å². The molecule has 0 bridgehead atoms. The zero-order valence-corrected chi connectivity index (χ0v) is 9.05. The molecule has 0 aliphatic rings. The highest BCUT2D eigenvalue weighted by atomic mass is 32.1. The Kier molecular flexibility index (Phi) is 3.56. The van der Waals surface area contributed by atoms with Crippen molar-refractivity contribution in [2.75, 3.05) is 14.2 Å². The van der Waals surface area contributed by atoms with E-state index in [0.717, 1.165) is 0 Å². The van der Waals surface area contributed by atoms with Crippen LogP contribution >= 0.6 is 12.2 Å². The number of H-pyrrole nitrogens is 1. The Balaban J connectivity index is 3.25. The highest BCUT2D eigenvalue weighted by molar-refractivity contribution is 7.71. The topological polar surface area (TPSA) is 56.2 Å². The summed E-state index contributed by atoms with van der Waals surface area (Å²) in [5.41, 5.74) is 0.325. The molecule has 1 N–H and O–H groups in total. The van der Waals surface area contributed by atoms with Crippen LogP contribution in [-0.4, -0.2) is 23.8 Å². The van der Waals surface area contributed by atoms with Gasteiger partial charge in [0.25, 0.3) is 5.56 Å². The van der Waals surface area contributed by atoms with Crippen molar-refractivity contribution in [3.8, 4) is 0 Å². The van der Waals surface area contributed by atoms with E-state index in [-0.39, 0.29) is 5.56 Å². The van der Waals surface area contributed by atoms with E-state index < -0.39 is 6.29 Å². The normalized spacial score (nSPS) is 10.9. The first-order valence-electron chi connectivity index (χ1n) is 3.96. The monoisotopic (exact) mass is 216 g/mol. The molecule has 6 heteroatoms. The number of hydrogen-bond acceptors (Lipinski definition) is 4. The molecule has 0 atom stereocenters. The van der Waals surface area contributed by atoms with Crippen molar-refractivity contribution >= 4 is 12.2 Å². The van der Waals surface area contributed by atoms with Crippen LogP contribution in [0.15, 0.2) is 10.9 Å². The zero-order valence-electron chi connectivity index (χ0n) is 8.23. The van der Waals surface area contributed by atoms with Gasteiger partial charge in [-0.05, 0) is 12.2 Å². The summed E-state index contributed by atoms with van der Waals surface area (Å²) in [4.78, 5) is 14.2. The number of aromatic nitrogens is 2. The van der Waals surface area contributed by atoms with Crippen molar-refractivity contribution in [1.29, 1.82) is 0 Å². The molecule has 1 rings (SSSR count). The minimum Gasteiger partial charge on any atom is -0.350 e. The van der Waals surface area contributed by atoms with Crippen LogP contribution in [0.2, 0.25) is 0 Å². The maximum atomic E-state index is 11.4. The van der Waals surface area contributed by atoms with Crippen LogP contribution in [0, 0.1) is 4.77 Å². The first-order valence-corrected chi connectivity index (χ1v) is 4.36. The number of nitrogens with zero attached hydrogens (tertiary/aromatic N) is 1. The molecule has 1 heterocycles. The van der Waals surface area contributed by atoms with Crippen LogP contribution in [-0.2, 0) is 16.5 Å². The van der Waals surface area contributed by atoms with Gasteiger partial charge in [0.2, 0.25) is 0 Å². The Hall–Kier alpha value is -0.980. The van der Waals surface area contributed by atoms with Gasteiger partial charge in [0, 0.05) is 27.3 Å². The third-order valence-corrected chi connectivity index (χ3v) is 2.22. The summed E-state index contributed by atoms with van der Waals surface area (Å²) in [6, 6.07) is 1.40. The molecule has 14 heavy (non-hydrogen) atoms. The molecule has 1 aromatic heterocycles. The molecule has 1 aromatic rings. The Labute approximate surface area is 86.3 Å². The Morgan fingerprint density at radius 3 is 2.50 bits per heavy atom. The van der Waals surface area contributed by atoms with Crippen LogP contribution in [0.1, 0.15) is 12.0 Å². The van der Waals surface area contributed by atoms with Crippen LogP contribution < -0.4 is 5.56 Å². The first kappa shape index (κ1) is 11.1. The summed E-state index contributed by atoms with van der Waals surface area (Å²) < 4.78 is 11.6. The number of nitrogens with one attached hydrogen (secondary N) is 1. The van der Waals surface area contributed by atoms with Gasteiger partial charge >= 0.3 is 0 Å². The van der Waals surface area contributed by atoms with Crippen molar-refractivity contribution in [3.05, 3.63) is 26.9 Å². The van der Waals surface area contributed by atoms with Gasteiger partial charge in [-0.1, -0.05) is 0 Å². The third-order valence-electron chi connectivity index (χ3n) is 1.85. The third kappa shape index (κ3) is 2.09. The van der Waals surface area contributed by atoms with Crippen LogP contribution in [0.4, 0.5) is 0 Å². The van der Waals surface area contributed by atoms with E-state index in [1.807, 2.05) is 0 Å². The molecule has 0 spiro atoms. The van der Waals surface area contributed by atoms with Gasteiger partial charge in [-0.2, -0.15) is 0 Å². The number of ether oxygens (including phenoxy) is 2. The van der Waals surface area contributed by atoms with E-state index in [4.69, 9.17) is 21.7 Å². The molecule has 0 aromatic carbocycles. The van der Waals surface area contributed by atoms with Crippen molar-refractivity contribution in [3.63, 3.8) is 0 Å². The Morgan fingerprint density at radius 2 is 2.07 bits per heavy atom. The maximum absolute atomic E-state index is 11.4. The van der Waals surface area contributed by atoms with E-state index in [1.165, 1.54) is 24.9 Å². The molecular formula is C8H12N2O3S. The summed E-state index contributed by atoms with van der Waals surface area (Å²) in [5, 5.41) is 0. The van der Waals surface area contributed by atoms with E-state index in [2.05, 4.69) is 4.98 Å². The summed E-state index contributed by atoms with van der Waals surface area (Å²) in [6.07, 6.45) is -0.592. The molecule has 0 aliphatic carbocycles. The SMILES string of the molecule is COC(OC)c1cc(=O)n(C)c(=S)[nH]1. The van der Waals surface area contributed by atoms with E-state index >= 15 is 0 Å². The molecule has 0 amide bonds. The quantitative estimate of drug-likeness (QED) is 0.598. The molecule has 0 saturated heterocycles. The van der Waals surface area contributed by atoms with Gasteiger partial charge in [-0.25, -0.2) is 0 Å². The van der Waals surface area contributed by atoms with Gasteiger partial charge in [0.1, 0.15) is 0 Å². The van der Waals surface area contributed by atoms with Gasteiger partial charge in [-0.3, -0.25) is 9.36 Å². The van der Waals surface area contributed by atoms with Gasteiger partial charge in [0.05, 0.1) is 5.69 Å². The minimum absolute atomic E-state index is 0.192. The molecule has 0 fully saturated rings. The zero-order chi connectivity index (χ0) is 10.7. The lowest BCUT2D eigenvalue weighted by Crippen LogP contribution is -2.21. The van der Waals surface area contributed by atoms with Gasteiger partial charge in [-0.15, -0.1) is 0 Å².